The molecule has 1 amide bonds. The van der Waals surface area contributed by atoms with Gasteiger partial charge in [-0.25, -0.2) is 0 Å². The lowest BCUT2D eigenvalue weighted by Gasteiger charge is -2.34. The van der Waals surface area contributed by atoms with Crippen LogP contribution >= 0.6 is 0 Å². The van der Waals surface area contributed by atoms with Crippen molar-refractivity contribution in [2.24, 2.45) is 5.92 Å². The van der Waals surface area contributed by atoms with Crippen molar-refractivity contribution in [1.29, 1.82) is 0 Å². The zero-order chi connectivity index (χ0) is 17.1. The molecule has 1 aliphatic carbocycles. The Balaban J connectivity index is 1.69. The van der Waals surface area contributed by atoms with Gasteiger partial charge in [0.15, 0.2) is 0 Å². The number of benzene rings is 1. The number of nitrogens with zero attached hydrogens (tertiary/aromatic N) is 1. The normalized spacial score (nSPS) is 23.7. The Bertz CT molecular complexity index is 609. The van der Waals surface area contributed by atoms with Crippen LogP contribution in [0.4, 0.5) is 0 Å². The number of carbonyl (C=O) groups excluding carboxylic acids is 1. The summed E-state index contributed by atoms with van der Waals surface area (Å²) in [6.07, 6.45) is 2.47. The van der Waals surface area contributed by atoms with Crippen molar-refractivity contribution in [1.82, 2.24) is 4.90 Å². The van der Waals surface area contributed by atoms with Crippen LogP contribution in [0.2, 0.25) is 0 Å². The summed E-state index contributed by atoms with van der Waals surface area (Å²) in [7, 11) is 0. The predicted octanol–water partition coefficient (Wildman–Crippen LogP) is 2.58. The second-order valence-corrected chi connectivity index (χ2v) is 6.82. The summed E-state index contributed by atoms with van der Waals surface area (Å²) in [6, 6.07) is 8.32. The van der Waals surface area contributed by atoms with Gasteiger partial charge in [-0.3, -0.25) is 9.59 Å². The van der Waals surface area contributed by atoms with Gasteiger partial charge in [-0.05, 0) is 43.2 Å². The van der Waals surface area contributed by atoms with E-state index in [1.807, 2.05) is 17.0 Å². The van der Waals surface area contributed by atoms with Gasteiger partial charge in [0.1, 0.15) is 0 Å². The molecule has 0 aromatic heterocycles. The summed E-state index contributed by atoms with van der Waals surface area (Å²) in [5.74, 6) is -0.448. The molecule has 3 rings (SSSR count). The molecule has 2 atom stereocenters. The number of amides is 1. The Hall–Kier alpha value is -1.88. The van der Waals surface area contributed by atoms with Gasteiger partial charge in [0.05, 0.1) is 6.42 Å². The van der Waals surface area contributed by atoms with E-state index < -0.39 is 5.97 Å². The van der Waals surface area contributed by atoms with E-state index in [0.29, 0.717) is 19.8 Å². The highest BCUT2D eigenvalue weighted by Crippen LogP contribution is 2.49. The van der Waals surface area contributed by atoms with Crippen LogP contribution in [0.3, 0.4) is 0 Å². The Labute approximate surface area is 142 Å². The zero-order valence-electron chi connectivity index (χ0n) is 14.1. The molecule has 1 saturated carbocycles. The third-order valence-corrected chi connectivity index (χ3v) is 5.18. The second-order valence-electron chi connectivity index (χ2n) is 6.82. The summed E-state index contributed by atoms with van der Waals surface area (Å²) in [4.78, 5) is 25.8. The molecule has 0 spiro atoms. The molecule has 0 radical (unpaired) electrons. The van der Waals surface area contributed by atoms with E-state index >= 15 is 0 Å². The van der Waals surface area contributed by atoms with Crippen LogP contribution in [-0.4, -0.2) is 47.7 Å². The summed E-state index contributed by atoms with van der Waals surface area (Å²) in [6.45, 7) is 3.67. The van der Waals surface area contributed by atoms with E-state index in [9.17, 15) is 9.59 Å². The van der Waals surface area contributed by atoms with Crippen molar-refractivity contribution in [2.75, 3.05) is 19.8 Å². The minimum absolute atomic E-state index is 0.00254. The summed E-state index contributed by atoms with van der Waals surface area (Å²) in [5, 5.41) is 9.00. The highest BCUT2D eigenvalue weighted by molar-refractivity contribution is 5.84. The topological polar surface area (TPSA) is 66.8 Å². The fourth-order valence-corrected chi connectivity index (χ4v) is 3.71. The van der Waals surface area contributed by atoms with E-state index in [-0.39, 0.29) is 30.2 Å². The van der Waals surface area contributed by atoms with Crippen molar-refractivity contribution in [2.45, 2.75) is 44.6 Å². The standard InChI is InChI=1S/C19H25NO4/c1-13-4-2-3-5-15(13)16-12-17(16)19(23)20(9-6-18(21)22)14-7-10-24-11-8-14/h2-5,14,16-17H,6-12H2,1H3,(H,21,22)/t16-,17-/m0/s1. The zero-order valence-corrected chi connectivity index (χ0v) is 14.1. The van der Waals surface area contributed by atoms with Crippen molar-refractivity contribution in [3.8, 4) is 0 Å². The molecular weight excluding hydrogens is 306 g/mol. The van der Waals surface area contributed by atoms with Crippen molar-refractivity contribution in [3.63, 3.8) is 0 Å². The minimum Gasteiger partial charge on any atom is -0.481 e. The number of aryl methyl sites for hydroxylation is 1. The van der Waals surface area contributed by atoms with Gasteiger partial charge in [0, 0.05) is 31.7 Å². The average molecular weight is 331 g/mol. The highest BCUT2D eigenvalue weighted by atomic mass is 16.5. The summed E-state index contributed by atoms with van der Waals surface area (Å²) in [5.41, 5.74) is 2.47. The SMILES string of the molecule is Cc1ccccc1[C@@H]1C[C@@H]1C(=O)N(CCC(=O)O)C1CCOCC1. The van der Waals surface area contributed by atoms with E-state index in [1.165, 1.54) is 11.1 Å². The molecule has 1 N–H and O–H groups in total. The Kier molecular flexibility index (Phi) is 5.19. The molecule has 1 saturated heterocycles. The number of ether oxygens (including phenoxy) is 1. The molecule has 2 fully saturated rings. The van der Waals surface area contributed by atoms with Gasteiger partial charge in [0.25, 0.3) is 0 Å². The minimum atomic E-state index is -0.855. The maximum Gasteiger partial charge on any atom is 0.305 e. The monoisotopic (exact) mass is 331 g/mol. The van der Waals surface area contributed by atoms with Crippen molar-refractivity contribution < 1.29 is 19.4 Å². The summed E-state index contributed by atoms with van der Waals surface area (Å²) < 4.78 is 5.38. The van der Waals surface area contributed by atoms with E-state index in [0.717, 1.165) is 19.3 Å². The maximum absolute atomic E-state index is 13.0. The Morgan fingerprint density at radius 2 is 1.96 bits per heavy atom. The molecule has 5 heteroatoms. The first kappa shape index (κ1) is 17.0. The number of carboxylic acids is 1. The number of carbonyl (C=O) groups is 2. The fraction of sp³-hybridized carbons (Fsp3) is 0.579. The van der Waals surface area contributed by atoms with Gasteiger partial charge in [-0.2, -0.15) is 0 Å². The van der Waals surface area contributed by atoms with Gasteiger partial charge in [0.2, 0.25) is 5.91 Å². The van der Waals surface area contributed by atoms with Crippen molar-refractivity contribution >= 4 is 11.9 Å². The lowest BCUT2D eigenvalue weighted by molar-refractivity contribution is -0.141. The van der Waals surface area contributed by atoms with Gasteiger partial charge in [-0.15, -0.1) is 0 Å². The second kappa shape index (κ2) is 7.34. The van der Waals surface area contributed by atoms with Crippen LogP contribution in [-0.2, 0) is 14.3 Å². The molecule has 24 heavy (non-hydrogen) atoms. The first-order valence-electron chi connectivity index (χ1n) is 8.73. The van der Waals surface area contributed by atoms with Crippen LogP contribution in [0, 0.1) is 12.8 Å². The molecule has 1 aliphatic heterocycles. The molecule has 5 nitrogen and oxygen atoms in total. The number of rotatable bonds is 6. The molecule has 0 unspecified atom stereocenters. The summed E-state index contributed by atoms with van der Waals surface area (Å²) >= 11 is 0. The molecule has 0 bridgehead atoms. The van der Waals surface area contributed by atoms with Gasteiger partial charge < -0.3 is 14.7 Å². The Morgan fingerprint density at radius 1 is 1.25 bits per heavy atom. The third kappa shape index (κ3) is 3.78. The van der Waals surface area contributed by atoms with Crippen LogP contribution in [0.15, 0.2) is 24.3 Å². The van der Waals surface area contributed by atoms with Gasteiger partial charge >= 0.3 is 5.97 Å². The number of hydrogen-bond donors (Lipinski definition) is 1. The highest BCUT2D eigenvalue weighted by Gasteiger charge is 2.47. The van der Waals surface area contributed by atoms with Crippen LogP contribution in [0.5, 0.6) is 0 Å². The van der Waals surface area contributed by atoms with Crippen LogP contribution < -0.4 is 0 Å². The van der Waals surface area contributed by atoms with Gasteiger partial charge in [-0.1, -0.05) is 24.3 Å². The fourth-order valence-electron chi connectivity index (χ4n) is 3.71. The molecular formula is C19H25NO4. The third-order valence-electron chi connectivity index (χ3n) is 5.18. The van der Waals surface area contributed by atoms with E-state index in [4.69, 9.17) is 9.84 Å². The first-order chi connectivity index (χ1) is 11.6. The predicted molar refractivity (Wildman–Crippen MR) is 89.8 cm³/mol. The number of aliphatic carboxylic acids is 1. The molecule has 2 aliphatic rings. The van der Waals surface area contributed by atoms with E-state index in [1.54, 1.807) is 0 Å². The molecule has 1 aromatic rings. The number of hydrogen-bond acceptors (Lipinski definition) is 3. The molecule has 1 aromatic carbocycles. The average Bonchev–Trinajstić information content (AvgIpc) is 3.36. The molecule has 130 valence electrons. The molecule has 1 heterocycles. The first-order valence-corrected chi connectivity index (χ1v) is 8.73. The maximum atomic E-state index is 13.0. The van der Waals surface area contributed by atoms with Crippen molar-refractivity contribution in [3.05, 3.63) is 35.4 Å². The van der Waals surface area contributed by atoms with Crippen LogP contribution in [0.1, 0.15) is 42.7 Å². The largest absolute Gasteiger partial charge is 0.481 e. The van der Waals surface area contributed by atoms with Crippen LogP contribution in [0.25, 0.3) is 0 Å². The lowest BCUT2D eigenvalue weighted by Crippen LogP contribution is -2.45. The lowest BCUT2D eigenvalue weighted by atomic mass is 10.0. The quantitative estimate of drug-likeness (QED) is 0.870. The number of carboxylic acid groups (broad SMARTS) is 1. The Morgan fingerprint density at radius 3 is 2.62 bits per heavy atom. The smallest absolute Gasteiger partial charge is 0.305 e. The van der Waals surface area contributed by atoms with E-state index in [2.05, 4.69) is 19.1 Å².